The molecule has 0 spiro atoms. The Morgan fingerprint density at radius 3 is 2.23 bits per heavy atom. The number of hydrogen-bond acceptors (Lipinski definition) is 3. The van der Waals surface area contributed by atoms with Gasteiger partial charge in [0.15, 0.2) is 0 Å². The molecule has 0 saturated heterocycles. The Balaban J connectivity index is 1.30. The summed E-state index contributed by atoms with van der Waals surface area (Å²) in [6.45, 7) is 0. The largest absolute Gasteiger partial charge is 0.289 e. The lowest BCUT2D eigenvalue weighted by Gasteiger charge is -2.56. The van der Waals surface area contributed by atoms with Gasteiger partial charge in [-0.25, -0.2) is 5.43 Å². The van der Waals surface area contributed by atoms with E-state index in [9.17, 15) is 9.59 Å². The first-order valence-corrected chi connectivity index (χ1v) is 12.1. The Hall–Kier alpha value is -2.43. The summed E-state index contributed by atoms with van der Waals surface area (Å²) in [6, 6.07) is 10.0. The van der Waals surface area contributed by atoms with Crippen LogP contribution in [0.3, 0.4) is 0 Å². The lowest BCUT2D eigenvalue weighted by atomic mass is 9.49. The van der Waals surface area contributed by atoms with E-state index in [1.54, 1.807) is 0 Å². The van der Waals surface area contributed by atoms with E-state index in [4.69, 9.17) is 0 Å². The second-order valence-corrected chi connectivity index (χ2v) is 10.7. The van der Waals surface area contributed by atoms with E-state index in [1.807, 2.05) is 30.3 Å². The van der Waals surface area contributed by atoms with Gasteiger partial charge in [0.1, 0.15) is 0 Å². The fraction of sp³-hybridized carbons (Fsp3) is 0.577. The topological polar surface area (TPSA) is 64.0 Å². The van der Waals surface area contributed by atoms with Crippen molar-refractivity contribution in [1.82, 2.24) is 9.89 Å². The van der Waals surface area contributed by atoms with E-state index >= 15 is 0 Å². The molecule has 5 aliphatic rings. The molecular formula is C26H31N3O2. The van der Waals surface area contributed by atoms with Crippen LogP contribution in [-0.4, -0.2) is 15.8 Å². The van der Waals surface area contributed by atoms with Crippen molar-refractivity contribution in [3.05, 3.63) is 51.8 Å². The van der Waals surface area contributed by atoms with Gasteiger partial charge in [0.05, 0.1) is 5.69 Å². The molecule has 0 atom stereocenters. The van der Waals surface area contributed by atoms with Gasteiger partial charge in [0.2, 0.25) is 5.91 Å². The van der Waals surface area contributed by atoms with Gasteiger partial charge in [0, 0.05) is 17.5 Å². The van der Waals surface area contributed by atoms with Gasteiger partial charge in [-0.3, -0.25) is 9.59 Å². The van der Waals surface area contributed by atoms with Crippen molar-refractivity contribution in [3.63, 3.8) is 0 Å². The smallest absolute Gasteiger partial charge is 0.273 e. The van der Waals surface area contributed by atoms with Gasteiger partial charge in [-0.15, -0.1) is 9.89 Å². The Morgan fingerprint density at radius 1 is 0.968 bits per heavy atom. The van der Waals surface area contributed by atoms with Gasteiger partial charge < -0.3 is 0 Å². The summed E-state index contributed by atoms with van der Waals surface area (Å²) < 4.78 is 0. The van der Waals surface area contributed by atoms with Crippen molar-refractivity contribution in [3.8, 4) is 11.3 Å². The lowest BCUT2D eigenvalue weighted by molar-refractivity contribution is -0.125. The Kier molecular flexibility index (Phi) is 4.55. The molecule has 1 aromatic carbocycles. The molecule has 0 radical (unpaired) electrons. The zero-order chi connectivity index (χ0) is 21.0. The third kappa shape index (κ3) is 3.42. The van der Waals surface area contributed by atoms with E-state index in [0.29, 0.717) is 6.42 Å². The maximum Gasteiger partial charge on any atom is 0.289 e. The van der Waals surface area contributed by atoms with Crippen LogP contribution >= 0.6 is 0 Å². The fourth-order valence-corrected chi connectivity index (χ4v) is 7.64. The molecular weight excluding hydrogens is 386 g/mol. The molecule has 4 bridgehead atoms. The lowest BCUT2D eigenvalue weighted by Crippen LogP contribution is -2.48. The van der Waals surface area contributed by atoms with Crippen LogP contribution in [0.25, 0.3) is 11.3 Å². The summed E-state index contributed by atoms with van der Waals surface area (Å²) in [6.07, 6.45) is 11.9. The minimum atomic E-state index is -0.145. The van der Waals surface area contributed by atoms with E-state index in [1.165, 1.54) is 43.3 Å². The highest BCUT2D eigenvalue weighted by Gasteiger charge is 2.51. The number of amides is 1. The molecule has 7 rings (SSSR count). The molecule has 162 valence electrons. The van der Waals surface area contributed by atoms with E-state index in [2.05, 4.69) is 10.5 Å². The summed E-state index contributed by atoms with van der Waals surface area (Å²) >= 11 is 0. The third-order valence-electron chi connectivity index (χ3n) is 8.38. The molecule has 5 heteroatoms. The highest BCUT2D eigenvalue weighted by Crippen LogP contribution is 2.61. The van der Waals surface area contributed by atoms with Gasteiger partial charge >= 0.3 is 0 Å². The van der Waals surface area contributed by atoms with Crippen LogP contribution in [0.15, 0.2) is 35.1 Å². The van der Waals surface area contributed by atoms with Gasteiger partial charge in [0.25, 0.3) is 5.56 Å². The monoisotopic (exact) mass is 417 g/mol. The molecule has 1 amide bonds. The maximum absolute atomic E-state index is 13.2. The molecule has 31 heavy (non-hydrogen) atoms. The number of nitrogens with one attached hydrogen (secondary N) is 1. The zero-order valence-electron chi connectivity index (χ0n) is 18.1. The molecule has 1 aromatic heterocycles. The second-order valence-electron chi connectivity index (χ2n) is 10.7. The van der Waals surface area contributed by atoms with E-state index in [0.717, 1.165) is 65.8 Å². The molecule has 0 unspecified atom stereocenters. The first-order valence-electron chi connectivity index (χ1n) is 12.1. The summed E-state index contributed by atoms with van der Waals surface area (Å²) in [4.78, 5) is 27.6. The number of hydrogen-bond donors (Lipinski definition) is 1. The number of nitrogens with zero attached hydrogens (tertiary/aromatic N) is 2. The van der Waals surface area contributed by atoms with Crippen LogP contribution in [0, 0.1) is 23.2 Å². The normalized spacial score (nSPS) is 30.8. The van der Waals surface area contributed by atoms with Gasteiger partial charge in [-0.1, -0.05) is 30.3 Å². The van der Waals surface area contributed by atoms with Gasteiger partial charge in [-0.05, 0) is 92.9 Å². The number of carbonyl (C=O) groups is 1. The second kappa shape index (κ2) is 7.32. The predicted octanol–water partition coefficient (Wildman–Crippen LogP) is 4.47. The number of benzene rings is 1. The van der Waals surface area contributed by atoms with Crippen LogP contribution in [-0.2, 0) is 17.6 Å². The Labute approximate surface area is 183 Å². The standard InChI is InChI=1S/C26H31N3O2/c30-23(16-26-13-17-10-18(14-26)12-19(11-17)15-26)27-29-25(31)22-9-5-4-8-21(22)24(28-29)20-6-2-1-3-7-20/h1-3,6-7,17-19H,4-5,8-16H2,(H,27,30). The minimum Gasteiger partial charge on any atom is -0.273 e. The molecule has 1 N–H and O–H groups in total. The average Bonchev–Trinajstić information content (AvgIpc) is 2.75. The number of carbonyl (C=O) groups excluding carboxylic acids is 1. The summed E-state index contributed by atoms with van der Waals surface area (Å²) in [5, 5.41) is 4.66. The van der Waals surface area contributed by atoms with Crippen molar-refractivity contribution < 1.29 is 4.79 Å². The van der Waals surface area contributed by atoms with Crippen LogP contribution < -0.4 is 11.0 Å². The fourth-order valence-electron chi connectivity index (χ4n) is 7.64. The highest BCUT2D eigenvalue weighted by molar-refractivity contribution is 5.84. The summed E-state index contributed by atoms with van der Waals surface area (Å²) in [7, 11) is 0. The summed E-state index contributed by atoms with van der Waals surface area (Å²) in [5.74, 6) is 2.39. The average molecular weight is 418 g/mol. The van der Waals surface area contributed by atoms with Crippen molar-refractivity contribution in [2.75, 3.05) is 5.43 Å². The van der Waals surface area contributed by atoms with Crippen LogP contribution in [0.5, 0.6) is 0 Å². The molecule has 2 aromatic rings. The van der Waals surface area contributed by atoms with Crippen LogP contribution in [0.4, 0.5) is 0 Å². The molecule has 5 nitrogen and oxygen atoms in total. The molecule has 4 saturated carbocycles. The van der Waals surface area contributed by atoms with E-state index in [-0.39, 0.29) is 16.9 Å². The van der Waals surface area contributed by atoms with Gasteiger partial charge in [-0.2, -0.15) is 0 Å². The maximum atomic E-state index is 13.2. The van der Waals surface area contributed by atoms with Crippen molar-refractivity contribution in [2.24, 2.45) is 23.2 Å². The van der Waals surface area contributed by atoms with Crippen molar-refractivity contribution in [2.45, 2.75) is 70.6 Å². The van der Waals surface area contributed by atoms with Crippen LogP contribution in [0.2, 0.25) is 0 Å². The van der Waals surface area contributed by atoms with E-state index < -0.39 is 0 Å². The predicted molar refractivity (Wildman–Crippen MR) is 120 cm³/mol. The Morgan fingerprint density at radius 2 is 1.58 bits per heavy atom. The third-order valence-corrected chi connectivity index (χ3v) is 8.38. The van der Waals surface area contributed by atoms with Crippen molar-refractivity contribution in [1.29, 1.82) is 0 Å². The molecule has 4 fully saturated rings. The van der Waals surface area contributed by atoms with Crippen molar-refractivity contribution >= 4 is 5.91 Å². The first-order chi connectivity index (χ1) is 15.1. The highest BCUT2D eigenvalue weighted by atomic mass is 16.2. The molecule has 0 aliphatic heterocycles. The minimum absolute atomic E-state index is 0.0497. The quantitative estimate of drug-likeness (QED) is 0.799. The SMILES string of the molecule is O=C(CC12CC3CC(CC(C3)C1)C2)Nn1nc(-c2ccccc2)c2c(c1=O)CCCC2. The first kappa shape index (κ1) is 19.3. The number of rotatable bonds is 4. The molecule has 5 aliphatic carbocycles. The summed E-state index contributed by atoms with van der Waals surface area (Å²) in [5.41, 5.74) is 6.64. The number of fused-ring (bicyclic) bond motifs is 1. The van der Waals surface area contributed by atoms with Crippen LogP contribution in [0.1, 0.15) is 68.9 Å². The number of aromatic nitrogens is 2. The molecule has 1 heterocycles. The Bertz CT molecular complexity index is 1040. The zero-order valence-corrected chi connectivity index (χ0v) is 18.1.